The van der Waals surface area contributed by atoms with Gasteiger partial charge in [0.1, 0.15) is 0 Å². The summed E-state index contributed by atoms with van der Waals surface area (Å²) in [6.45, 7) is 4.00. The Morgan fingerprint density at radius 1 is 1.43 bits per heavy atom. The number of aliphatic hydroxyl groups is 2. The molecule has 14 heavy (non-hydrogen) atoms. The van der Waals surface area contributed by atoms with Gasteiger partial charge in [0.05, 0.1) is 11.7 Å². The molecule has 4 atom stereocenters. The Morgan fingerprint density at radius 3 is 2.79 bits per heavy atom. The van der Waals surface area contributed by atoms with Gasteiger partial charge >= 0.3 is 0 Å². The normalized spacial score (nSPS) is 53.1. The van der Waals surface area contributed by atoms with Crippen LogP contribution in [0.1, 0.15) is 46.0 Å². The van der Waals surface area contributed by atoms with Crippen LogP contribution in [0.3, 0.4) is 0 Å². The van der Waals surface area contributed by atoms with Gasteiger partial charge < -0.3 is 14.9 Å². The Balaban J connectivity index is 2.24. The summed E-state index contributed by atoms with van der Waals surface area (Å²) < 4.78 is 5.61. The molecule has 2 aliphatic heterocycles. The van der Waals surface area contributed by atoms with Gasteiger partial charge in [0.25, 0.3) is 0 Å². The minimum atomic E-state index is -1.06. The van der Waals surface area contributed by atoms with Crippen LogP contribution in [-0.4, -0.2) is 27.7 Å². The maximum absolute atomic E-state index is 10.4. The van der Waals surface area contributed by atoms with Crippen molar-refractivity contribution in [1.29, 1.82) is 0 Å². The second kappa shape index (κ2) is 3.19. The largest absolute Gasteiger partial charge is 0.389 e. The van der Waals surface area contributed by atoms with Crippen LogP contribution in [0.2, 0.25) is 0 Å². The van der Waals surface area contributed by atoms with E-state index in [0.717, 1.165) is 12.8 Å². The Labute approximate surface area is 85.1 Å². The lowest BCUT2D eigenvalue weighted by Gasteiger charge is -2.52. The molecule has 2 aliphatic rings. The zero-order chi connectivity index (χ0) is 10.4. The van der Waals surface area contributed by atoms with Crippen molar-refractivity contribution >= 4 is 0 Å². The molecule has 2 rings (SSSR count). The van der Waals surface area contributed by atoms with Crippen LogP contribution in [0.4, 0.5) is 0 Å². The zero-order valence-electron chi connectivity index (χ0n) is 8.99. The highest BCUT2D eigenvalue weighted by atomic mass is 16.6. The molecule has 0 spiro atoms. The van der Waals surface area contributed by atoms with E-state index in [-0.39, 0.29) is 12.0 Å². The molecule has 0 unspecified atom stereocenters. The summed E-state index contributed by atoms with van der Waals surface area (Å²) in [5.41, 5.74) is -0.738. The van der Waals surface area contributed by atoms with Gasteiger partial charge in [-0.1, -0.05) is 13.8 Å². The molecular weight excluding hydrogens is 180 g/mol. The summed E-state index contributed by atoms with van der Waals surface area (Å²) in [6, 6.07) is 0. The van der Waals surface area contributed by atoms with Gasteiger partial charge in [-0.2, -0.15) is 0 Å². The molecule has 0 aliphatic carbocycles. The maximum atomic E-state index is 10.4. The predicted molar refractivity (Wildman–Crippen MR) is 52.7 cm³/mol. The molecule has 0 aromatic rings. The van der Waals surface area contributed by atoms with E-state index < -0.39 is 11.4 Å². The third kappa shape index (κ3) is 1.47. The lowest BCUT2D eigenvalue weighted by molar-refractivity contribution is -0.329. The molecule has 2 fully saturated rings. The van der Waals surface area contributed by atoms with Gasteiger partial charge in [0.2, 0.25) is 0 Å². The molecule has 82 valence electrons. The monoisotopic (exact) mass is 200 g/mol. The first-order chi connectivity index (χ1) is 6.49. The fourth-order valence-electron chi connectivity index (χ4n) is 2.89. The zero-order valence-corrected chi connectivity index (χ0v) is 8.99. The lowest BCUT2D eigenvalue weighted by Crippen LogP contribution is -2.59. The van der Waals surface area contributed by atoms with Gasteiger partial charge in [-0.25, -0.2) is 0 Å². The molecule has 2 heterocycles. The van der Waals surface area contributed by atoms with Crippen LogP contribution in [0, 0.1) is 5.92 Å². The van der Waals surface area contributed by atoms with E-state index >= 15 is 0 Å². The van der Waals surface area contributed by atoms with Gasteiger partial charge in [-0.3, -0.25) is 0 Å². The van der Waals surface area contributed by atoms with E-state index in [1.54, 1.807) is 0 Å². The third-order valence-corrected chi connectivity index (χ3v) is 4.03. The quantitative estimate of drug-likeness (QED) is 0.673. The number of hydrogen-bond acceptors (Lipinski definition) is 3. The van der Waals surface area contributed by atoms with Crippen molar-refractivity contribution in [3.05, 3.63) is 0 Å². The van der Waals surface area contributed by atoms with Crippen molar-refractivity contribution in [3.63, 3.8) is 0 Å². The van der Waals surface area contributed by atoms with Crippen LogP contribution in [-0.2, 0) is 4.74 Å². The van der Waals surface area contributed by atoms with E-state index in [1.807, 2.05) is 13.8 Å². The van der Waals surface area contributed by atoms with E-state index in [4.69, 9.17) is 4.74 Å². The summed E-state index contributed by atoms with van der Waals surface area (Å²) in [5.74, 6) is -0.923. The molecule has 2 bridgehead atoms. The van der Waals surface area contributed by atoms with Crippen molar-refractivity contribution < 1.29 is 14.9 Å². The Kier molecular flexibility index (Phi) is 2.37. The lowest BCUT2D eigenvalue weighted by atomic mass is 9.71. The maximum Gasteiger partial charge on any atom is 0.168 e. The van der Waals surface area contributed by atoms with Crippen LogP contribution in [0.15, 0.2) is 0 Å². The smallest absolute Gasteiger partial charge is 0.168 e. The molecule has 0 aromatic carbocycles. The average molecular weight is 200 g/mol. The highest BCUT2D eigenvalue weighted by molar-refractivity contribution is 4.99. The minimum Gasteiger partial charge on any atom is -0.389 e. The second-order valence-corrected chi connectivity index (χ2v) is 4.92. The molecule has 0 amide bonds. The molecule has 3 nitrogen and oxygen atoms in total. The highest BCUT2D eigenvalue weighted by Gasteiger charge is 2.53. The van der Waals surface area contributed by atoms with Crippen molar-refractivity contribution in [2.24, 2.45) is 5.92 Å². The van der Waals surface area contributed by atoms with Crippen LogP contribution >= 0.6 is 0 Å². The fourth-order valence-corrected chi connectivity index (χ4v) is 2.89. The van der Waals surface area contributed by atoms with Crippen molar-refractivity contribution in [2.75, 3.05) is 0 Å². The van der Waals surface area contributed by atoms with Crippen LogP contribution in [0.25, 0.3) is 0 Å². The summed E-state index contributed by atoms with van der Waals surface area (Å²) >= 11 is 0. The number of ether oxygens (including phenoxy) is 1. The molecule has 0 radical (unpaired) electrons. The number of rotatable bonds is 1. The molecule has 2 N–H and O–H groups in total. The van der Waals surface area contributed by atoms with Gasteiger partial charge in [-0.05, 0) is 19.3 Å². The highest BCUT2D eigenvalue weighted by Crippen LogP contribution is 2.46. The Morgan fingerprint density at radius 2 is 2.14 bits per heavy atom. The first-order valence-electron chi connectivity index (χ1n) is 5.62. The van der Waals surface area contributed by atoms with Crippen molar-refractivity contribution in [2.45, 2.75) is 63.4 Å². The third-order valence-electron chi connectivity index (χ3n) is 4.03. The number of hydrogen-bond donors (Lipinski definition) is 2. The van der Waals surface area contributed by atoms with Crippen LogP contribution in [0.5, 0.6) is 0 Å². The van der Waals surface area contributed by atoms with Crippen LogP contribution < -0.4 is 0 Å². The first-order valence-corrected chi connectivity index (χ1v) is 5.62. The topological polar surface area (TPSA) is 49.7 Å². The van der Waals surface area contributed by atoms with E-state index in [2.05, 4.69) is 0 Å². The van der Waals surface area contributed by atoms with Gasteiger partial charge in [0, 0.05) is 18.8 Å². The summed E-state index contributed by atoms with van der Waals surface area (Å²) in [5, 5.41) is 20.5. The standard InChI is InChI=1S/C11H20O3/c1-3-10(12)7-11(13)6-4-5-9(14-11)8(10)2/h8-9,12-13H,3-7H2,1-2H3/t8-,9+,10-,11-/m1/s1. The molecule has 2 saturated heterocycles. The van der Waals surface area contributed by atoms with Gasteiger partial charge in [0.15, 0.2) is 5.79 Å². The van der Waals surface area contributed by atoms with Crippen molar-refractivity contribution in [1.82, 2.24) is 0 Å². The number of fused-ring (bicyclic) bond motifs is 2. The van der Waals surface area contributed by atoms with E-state index in [9.17, 15) is 10.2 Å². The van der Waals surface area contributed by atoms with Crippen molar-refractivity contribution in [3.8, 4) is 0 Å². The Bertz CT molecular complexity index is 231. The first kappa shape index (κ1) is 10.4. The summed E-state index contributed by atoms with van der Waals surface area (Å²) in [4.78, 5) is 0. The second-order valence-electron chi connectivity index (χ2n) is 4.92. The predicted octanol–water partition coefficient (Wildman–Crippen LogP) is 1.43. The molecular formula is C11H20O3. The molecule has 0 aromatic heterocycles. The average Bonchev–Trinajstić information content (AvgIpc) is 2.14. The molecule has 0 saturated carbocycles. The molecule has 3 heteroatoms. The summed E-state index contributed by atoms with van der Waals surface area (Å²) in [7, 11) is 0. The van der Waals surface area contributed by atoms with E-state index in [1.165, 1.54) is 0 Å². The van der Waals surface area contributed by atoms with E-state index in [0.29, 0.717) is 19.3 Å². The summed E-state index contributed by atoms with van der Waals surface area (Å²) in [6.07, 6.45) is 3.73. The SMILES string of the molecule is CC[C@@]1(O)C[C@@]2(O)CCC[C@H](O2)[C@H]1C. The fraction of sp³-hybridized carbons (Fsp3) is 1.00. The minimum absolute atomic E-state index is 0.0347. The Hall–Kier alpha value is -0.120. The van der Waals surface area contributed by atoms with Gasteiger partial charge in [-0.15, -0.1) is 0 Å².